The normalized spacial score (nSPS) is 13.7. The molecule has 14 heavy (non-hydrogen) atoms. The van der Waals surface area contributed by atoms with E-state index >= 15 is 0 Å². The second-order valence-electron chi connectivity index (χ2n) is 4.91. The van der Waals surface area contributed by atoms with Crippen molar-refractivity contribution >= 4 is 0 Å². The van der Waals surface area contributed by atoms with Gasteiger partial charge < -0.3 is 0 Å². The van der Waals surface area contributed by atoms with Crippen LogP contribution in [0.1, 0.15) is 39.2 Å². The molecule has 0 nitrogen and oxygen atoms in total. The smallest absolute Gasteiger partial charge is 0.00223 e. The van der Waals surface area contributed by atoms with E-state index in [-0.39, 0.29) is 5.41 Å². The van der Waals surface area contributed by atoms with Crippen molar-refractivity contribution in [2.75, 3.05) is 0 Å². The fraction of sp³-hybridized carbons (Fsp3) is 0.429. The van der Waals surface area contributed by atoms with E-state index in [0.717, 1.165) is 0 Å². The highest BCUT2D eigenvalue weighted by Crippen LogP contribution is 2.35. The summed E-state index contributed by atoms with van der Waals surface area (Å²) in [7, 11) is 0. The summed E-state index contributed by atoms with van der Waals surface area (Å²) < 4.78 is 0. The van der Waals surface area contributed by atoms with Gasteiger partial charge in [0, 0.05) is 5.92 Å². The maximum atomic E-state index is 4.20. The lowest BCUT2D eigenvalue weighted by Crippen LogP contribution is -2.13. The third-order valence-corrected chi connectivity index (χ3v) is 2.79. The maximum absolute atomic E-state index is 4.20. The maximum Gasteiger partial charge on any atom is 0.00223 e. The molecule has 76 valence electrons. The summed E-state index contributed by atoms with van der Waals surface area (Å²) in [4.78, 5) is 0. The van der Waals surface area contributed by atoms with Gasteiger partial charge in [0.2, 0.25) is 0 Å². The quantitative estimate of drug-likeness (QED) is 0.604. The lowest BCUT2D eigenvalue weighted by Gasteiger charge is -2.27. The van der Waals surface area contributed by atoms with Gasteiger partial charge in [0.25, 0.3) is 0 Å². The molecular formula is C14H20. The topological polar surface area (TPSA) is 0 Å². The molecule has 0 heteroatoms. The summed E-state index contributed by atoms with van der Waals surface area (Å²) in [6.45, 7) is 13.1. The minimum atomic E-state index is 0.190. The molecular weight excluding hydrogens is 168 g/mol. The second kappa shape index (κ2) is 4.00. The van der Waals surface area contributed by atoms with Gasteiger partial charge in [0.15, 0.2) is 0 Å². The molecule has 1 aromatic carbocycles. The molecule has 0 unspecified atom stereocenters. The Bertz CT molecular complexity index is 301. The van der Waals surface area contributed by atoms with Gasteiger partial charge in [-0.1, -0.05) is 70.2 Å². The van der Waals surface area contributed by atoms with Crippen molar-refractivity contribution in [3.05, 3.63) is 48.0 Å². The average molecular weight is 188 g/mol. The van der Waals surface area contributed by atoms with Crippen LogP contribution in [0, 0.1) is 5.41 Å². The molecule has 0 radical (unpaired) electrons. The summed E-state index contributed by atoms with van der Waals surface area (Å²) >= 11 is 0. The number of benzene rings is 1. The van der Waals surface area contributed by atoms with Gasteiger partial charge in [0.1, 0.15) is 0 Å². The lowest BCUT2D eigenvalue weighted by molar-refractivity contribution is 0.472. The highest BCUT2D eigenvalue weighted by atomic mass is 14.3. The highest BCUT2D eigenvalue weighted by molar-refractivity contribution is 5.28. The summed E-state index contributed by atoms with van der Waals surface area (Å²) in [5.74, 6) is 0.441. The van der Waals surface area contributed by atoms with E-state index in [2.05, 4.69) is 64.6 Å². The summed E-state index contributed by atoms with van der Waals surface area (Å²) in [5, 5.41) is 0. The molecule has 0 saturated carbocycles. The first-order valence-corrected chi connectivity index (χ1v) is 5.17. The van der Waals surface area contributed by atoms with Gasteiger partial charge >= 0.3 is 0 Å². The van der Waals surface area contributed by atoms with Crippen molar-refractivity contribution in [2.45, 2.75) is 33.6 Å². The Morgan fingerprint density at radius 3 is 2.07 bits per heavy atom. The monoisotopic (exact) mass is 188 g/mol. The van der Waals surface area contributed by atoms with Crippen LogP contribution in [0.3, 0.4) is 0 Å². The van der Waals surface area contributed by atoms with Crippen molar-refractivity contribution < 1.29 is 0 Å². The third kappa shape index (κ3) is 2.47. The molecule has 1 rings (SSSR count). The summed E-state index contributed by atoms with van der Waals surface area (Å²) in [6.07, 6.45) is 0. The molecule has 0 aliphatic rings. The van der Waals surface area contributed by atoms with E-state index in [0.29, 0.717) is 5.92 Å². The van der Waals surface area contributed by atoms with Gasteiger partial charge in [-0.05, 0) is 11.0 Å². The van der Waals surface area contributed by atoms with Crippen LogP contribution in [0.4, 0.5) is 0 Å². The Morgan fingerprint density at radius 2 is 1.64 bits per heavy atom. The van der Waals surface area contributed by atoms with E-state index in [1.807, 2.05) is 0 Å². The Hall–Kier alpha value is -1.04. The third-order valence-electron chi connectivity index (χ3n) is 2.79. The fourth-order valence-electron chi connectivity index (χ4n) is 1.59. The van der Waals surface area contributed by atoms with Crippen LogP contribution in [-0.4, -0.2) is 0 Å². The molecule has 0 N–H and O–H groups in total. The Morgan fingerprint density at radius 1 is 1.14 bits per heavy atom. The Kier molecular flexibility index (Phi) is 3.15. The van der Waals surface area contributed by atoms with Crippen LogP contribution in [0.15, 0.2) is 42.5 Å². The van der Waals surface area contributed by atoms with Crippen molar-refractivity contribution in [2.24, 2.45) is 5.41 Å². The van der Waals surface area contributed by atoms with Crippen LogP contribution in [0.2, 0.25) is 0 Å². The summed E-state index contributed by atoms with van der Waals surface area (Å²) in [6, 6.07) is 10.6. The molecule has 0 aliphatic carbocycles. The largest absolute Gasteiger partial charge is 0.0987 e. The van der Waals surface area contributed by atoms with E-state index in [1.165, 1.54) is 11.1 Å². The first kappa shape index (κ1) is 11.0. The molecule has 1 aromatic rings. The first-order chi connectivity index (χ1) is 6.43. The molecule has 0 amide bonds. The van der Waals surface area contributed by atoms with E-state index in [4.69, 9.17) is 0 Å². The van der Waals surface area contributed by atoms with Crippen molar-refractivity contribution in [3.8, 4) is 0 Å². The van der Waals surface area contributed by atoms with E-state index in [1.54, 1.807) is 0 Å². The molecule has 0 spiro atoms. The molecule has 0 fully saturated rings. The van der Waals surface area contributed by atoms with Crippen molar-refractivity contribution in [3.63, 3.8) is 0 Å². The number of rotatable bonds is 2. The SMILES string of the molecule is C=C([C@H](C)c1ccccc1)C(C)(C)C. The molecule has 0 saturated heterocycles. The minimum Gasteiger partial charge on any atom is -0.0987 e. The van der Waals surface area contributed by atoms with E-state index in [9.17, 15) is 0 Å². The van der Waals surface area contributed by atoms with Gasteiger partial charge in [-0.3, -0.25) is 0 Å². The molecule has 0 bridgehead atoms. The van der Waals surface area contributed by atoms with Gasteiger partial charge in [0.05, 0.1) is 0 Å². The van der Waals surface area contributed by atoms with Gasteiger partial charge in [-0.15, -0.1) is 0 Å². The van der Waals surface area contributed by atoms with Crippen LogP contribution in [-0.2, 0) is 0 Å². The predicted molar refractivity (Wildman–Crippen MR) is 63.5 cm³/mol. The fourth-order valence-corrected chi connectivity index (χ4v) is 1.59. The van der Waals surface area contributed by atoms with Crippen LogP contribution in [0.25, 0.3) is 0 Å². The highest BCUT2D eigenvalue weighted by Gasteiger charge is 2.20. The zero-order valence-corrected chi connectivity index (χ0v) is 9.67. The van der Waals surface area contributed by atoms with E-state index < -0.39 is 0 Å². The first-order valence-electron chi connectivity index (χ1n) is 5.17. The lowest BCUT2D eigenvalue weighted by atomic mass is 9.78. The van der Waals surface area contributed by atoms with Crippen molar-refractivity contribution in [1.82, 2.24) is 0 Å². The zero-order chi connectivity index (χ0) is 10.8. The molecule has 0 heterocycles. The van der Waals surface area contributed by atoms with Crippen molar-refractivity contribution in [1.29, 1.82) is 0 Å². The van der Waals surface area contributed by atoms with Crippen LogP contribution in [0.5, 0.6) is 0 Å². The average Bonchev–Trinajstić information content (AvgIpc) is 2.15. The van der Waals surface area contributed by atoms with Gasteiger partial charge in [-0.25, -0.2) is 0 Å². The zero-order valence-electron chi connectivity index (χ0n) is 9.67. The number of hydrogen-bond donors (Lipinski definition) is 0. The number of allylic oxidation sites excluding steroid dienone is 1. The predicted octanol–water partition coefficient (Wildman–Crippen LogP) is 4.39. The second-order valence-corrected chi connectivity index (χ2v) is 4.91. The molecule has 1 atom stereocenters. The Balaban J connectivity index is 2.87. The van der Waals surface area contributed by atoms with Crippen LogP contribution >= 0.6 is 0 Å². The molecule has 0 aliphatic heterocycles. The number of hydrogen-bond acceptors (Lipinski definition) is 0. The minimum absolute atomic E-state index is 0.190. The van der Waals surface area contributed by atoms with Gasteiger partial charge in [-0.2, -0.15) is 0 Å². The van der Waals surface area contributed by atoms with Crippen LogP contribution < -0.4 is 0 Å². The Labute approximate surface area is 87.7 Å². The summed E-state index contributed by atoms with van der Waals surface area (Å²) in [5.41, 5.74) is 2.84. The standard InChI is InChI=1S/C14H20/c1-11(12(2)14(3,4)5)13-9-7-6-8-10-13/h6-11H,2H2,1,3-5H3/t11-/m0/s1. The molecule has 0 aromatic heterocycles.